The Morgan fingerprint density at radius 1 is 0.520 bits per heavy atom. The average molecular weight is 326 g/mol. The van der Waals surface area contributed by atoms with Gasteiger partial charge in [-0.05, 0) is 55.0 Å². The van der Waals surface area contributed by atoms with Gasteiger partial charge in [0.15, 0.2) is 0 Å². The zero-order chi connectivity index (χ0) is 17.8. The summed E-state index contributed by atoms with van der Waals surface area (Å²) in [7, 11) is 0. The Labute approximate surface area is 150 Å². The molecule has 0 saturated heterocycles. The summed E-state index contributed by atoms with van der Waals surface area (Å²) in [5, 5.41) is 2.86. The summed E-state index contributed by atoms with van der Waals surface area (Å²) in [5.74, 6) is 0. The molecule has 25 heavy (non-hydrogen) atoms. The van der Waals surface area contributed by atoms with Gasteiger partial charge >= 0.3 is 0 Å². The first-order valence-corrected chi connectivity index (χ1v) is 9.40. The molecule has 0 nitrogen and oxygen atoms in total. The van der Waals surface area contributed by atoms with Crippen LogP contribution >= 0.6 is 0 Å². The van der Waals surface area contributed by atoms with Crippen molar-refractivity contribution in [2.24, 2.45) is 0 Å². The van der Waals surface area contributed by atoms with Gasteiger partial charge in [0.1, 0.15) is 0 Å². The fourth-order valence-electron chi connectivity index (χ4n) is 5.36. The van der Waals surface area contributed by atoms with Gasteiger partial charge in [-0.2, -0.15) is 0 Å². The largest absolute Gasteiger partial charge is 0.0616 e. The minimum absolute atomic E-state index is 0.0358. The zero-order valence-corrected chi connectivity index (χ0v) is 16.1. The molecule has 0 heterocycles. The van der Waals surface area contributed by atoms with E-state index in [2.05, 4.69) is 90.1 Å². The summed E-state index contributed by atoms with van der Waals surface area (Å²) in [4.78, 5) is 0. The Morgan fingerprint density at radius 2 is 1.08 bits per heavy atom. The van der Waals surface area contributed by atoms with E-state index in [-0.39, 0.29) is 16.2 Å². The number of benzene rings is 3. The lowest BCUT2D eigenvalue weighted by Gasteiger charge is -2.51. The molecule has 0 unspecified atom stereocenters. The Morgan fingerprint density at radius 3 is 1.80 bits per heavy atom. The third kappa shape index (κ3) is 1.51. The van der Waals surface area contributed by atoms with Crippen molar-refractivity contribution >= 4 is 10.8 Å². The second kappa shape index (κ2) is 4.18. The first-order chi connectivity index (χ1) is 11.7. The van der Waals surface area contributed by atoms with Gasteiger partial charge in [0, 0.05) is 5.41 Å². The maximum absolute atomic E-state index is 2.42. The molecule has 0 aliphatic heterocycles. The molecular weight excluding hydrogens is 300 g/mol. The van der Waals surface area contributed by atoms with Crippen LogP contribution in [0.5, 0.6) is 0 Å². The molecule has 0 saturated carbocycles. The molecule has 0 amide bonds. The molecule has 0 fully saturated rings. The van der Waals surface area contributed by atoms with Gasteiger partial charge < -0.3 is 0 Å². The highest BCUT2D eigenvalue weighted by molar-refractivity contribution is 6.06. The van der Waals surface area contributed by atoms with Crippen molar-refractivity contribution in [1.29, 1.82) is 0 Å². The predicted molar refractivity (Wildman–Crippen MR) is 108 cm³/mol. The van der Waals surface area contributed by atoms with Gasteiger partial charge in [-0.25, -0.2) is 0 Å². The van der Waals surface area contributed by atoms with Gasteiger partial charge in [-0.1, -0.05) is 90.1 Å². The lowest BCUT2D eigenvalue weighted by molar-refractivity contribution is 0.298. The highest BCUT2D eigenvalue weighted by Crippen LogP contribution is 2.60. The van der Waals surface area contributed by atoms with Gasteiger partial charge in [0.05, 0.1) is 0 Å². The molecule has 126 valence electrons. The summed E-state index contributed by atoms with van der Waals surface area (Å²) >= 11 is 0. The van der Waals surface area contributed by atoms with Gasteiger partial charge in [-0.3, -0.25) is 0 Å². The minimum atomic E-state index is 0.0358. The molecular formula is C25H26. The first-order valence-electron chi connectivity index (χ1n) is 9.40. The highest BCUT2D eigenvalue weighted by Gasteiger charge is 2.49. The third-order valence-corrected chi connectivity index (χ3v) is 7.62. The second-order valence-corrected chi connectivity index (χ2v) is 9.49. The molecule has 2 aliphatic carbocycles. The molecule has 0 atom stereocenters. The van der Waals surface area contributed by atoms with Gasteiger partial charge in [0.25, 0.3) is 0 Å². The van der Waals surface area contributed by atoms with E-state index in [4.69, 9.17) is 0 Å². The molecule has 0 heteroatoms. The van der Waals surface area contributed by atoms with E-state index in [0.717, 1.165) is 0 Å². The fraction of sp³-hybridized carbons (Fsp3) is 0.360. The van der Waals surface area contributed by atoms with Gasteiger partial charge in [0.2, 0.25) is 0 Å². The average Bonchev–Trinajstić information content (AvgIpc) is 2.57. The van der Waals surface area contributed by atoms with Crippen molar-refractivity contribution in [1.82, 2.24) is 0 Å². The summed E-state index contributed by atoms with van der Waals surface area (Å²) in [5.41, 5.74) is 9.22. The zero-order valence-electron chi connectivity index (χ0n) is 16.1. The van der Waals surface area contributed by atoms with Crippen molar-refractivity contribution in [2.75, 3.05) is 0 Å². The second-order valence-electron chi connectivity index (χ2n) is 9.49. The summed E-state index contributed by atoms with van der Waals surface area (Å²) in [6.45, 7) is 14.5. The summed E-state index contributed by atoms with van der Waals surface area (Å²) in [6, 6.07) is 18.6. The van der Waals surface area contributed by atoms with Crippen LogP contribution in [0.3, 0.4) is 0 Å². The normalized spacial score (nSPS) is 20.6. The van der Waals surface area contributed by atoms with Crippen LogP contribution in [0.2, 0.25) is 0 Å². The van der Waals surface area contributed by atoms with Crippen molar-refractivity contribution in [3.8, 4) is 11.1 Å². The van der Waals surface area contributed by atoms with Crippen LogP contribution < -0.4 is 0 Å². The van der Waals surface area contributed by atoms with E-state index in [9.17, 15) is 0 Å². The van der Waals surface area contributed by atoms with Gasteiger partial charge in [-0.15, -0.1) is 0 Å². The SMILES string of the molecule is CC1(C)c2cccc3c2-c2c(ccc4cccc1c24)C(C)(C)C3(C)C. The number of rotatable bonds is 0. The van der Waals surface area contributed by atoms with Crippen LogP contribution in [-0.2, 0) is 16.2 Å². The standard InChI is InChI=1S/C25H26/c1-23(2)16-10-7-9-15-13-14-19-22(20(15)16)21-17(23)11-8-12-18(21)24(3,4)25(19,5)6/h7-14H,1-6H3. The molecule has 0 radical (unpaired) electrons. The van der Waals surface area contributed by atoms with E-state index in [0.29, 0.717) is 0 Å². The van der Waals surface area contributed by atoms with Crippen LogP contribution in [0.15, 0.2) is 48.5 Å². The molecule has 0 spiro atoms. The molecule has 0 N–H and O–H groups in total. The van der Waals surface area contributed by atoms with E-state index in [1.54, 1.807) is 0 Å². The fourth-order valence-corrected chi connectivity index (χ4v) is 5.36. The Bertz CT molecular complexity index is 1060. The molecule has 0 aromatic heterocycles. The summed E-state index contributed by atoms with van der Waals surface area (Å²) in [6.07, 6.45) is 0. The predicted octanol–water partition coefficient (Wildman–Crippen LogP) is 6.71. The molecule has 3 aromatic rings. The minimum Gasteiger partial charge on any atom is -0.0616 e. The summed E-state index contributed by atoms with van der Waals surface area (Å²) < 4.78 is 0. The Kier molecular flexibility index (Phi) is 2.54. The molecule has 3 aromatic carbocycles. The topological polar surface area (TPSA) is 0 Å². The lowest BCUT2D eigenvalue weighted by Crippen LogP contribution is -2.45. The monoisotopic (exact) mass is 326 g/mol. The Balaban J connectivity index is 2.13. The van der Waals surface area contributed by atoms with E-state index in [1.165, 1.54) is 44.2 Å². The van der Waals surface area contributed by atoms with E-state index in [1.807, 2.05) is 0 Å². The van der Waals surface area contributed by atoms with Crippen LogP contribution in [0.25, 0.3) is 21.9 Å². The van der Waals surface area contributed by atoms with E-state index >= 15 is 0 Å². The molecule has 5 rings (SSSR count). The van der Waals surface area contributed by atoms with E-state index < -0.39 is 0 Å². The highest BCUT2D eigenvalue weighted by atomic mass is 14.5. The van der Waals surface area contributed by atoms with Crippen molar-refractivity contribution in [3.63, 3.8) is 0 Å². The van der Waals surface area contributed by atoms with Crippen LogP contribution in [0.1, 0.15) is 63.8 Å². The molecule has 2 aliphatic rings. The van der Waals surface area contributed by atoms with Crippen molar-refractivity contribution < 1.29 is 0 Å². The van der Waals surface area contributed by atoms with Crippen LogP contribution in [0.4, 0.5) is 0 Å². The third-order valence-electron chi connectivity index (χ3n) is 7.62. The quantitative estimate of drug-likeness (QED) is 0.430. The smallest absolute Gasteiger partial charge is 0.0159 e. The lowest BCUT2D eigenvalue weighted by atomic mass is 9.52. The number of hydrogen-bond donors (Lipinski definition) is 0. The Hall–Kier alpha value is -2.08. The maximum atomic E-state index is 2.42. The first kappa shape index (κ1) is 15.2. The van der Waals surface area contributed by atoms with Crippen LogP contribution in [-0.4, -0.2) is 0 Å². The molecule has 0 bridgehead atoms. The van der Waals surface area contributed by atoms with Crippen LogP contribution in [0, 0.1) is 0 Å². The van der Waals surface area contributed by atoms with Crippen molar-refractivity contribution in [3.05, 3.63) is 70.8 Å². The maximum Gasteiger partial charge on any atom is 0.0159 e. The van der Waals surface area contributed by atoms with Crippen molar-refractivity contribution in [2.45, 2.75) is 57.8 Å². The number of hydrogen-bond acceptors (Lipinski definition) is 0.